The number of pyridine rings is 1. The minimum Gasteiger partial charge on any atom is -0.383 e. The average Bonchev–Trinajstić information content (AvgIpc) is 3.25. The average molecular weight is 408 g/mol. The Morgan fingerprint density at radius 1 is 1.41 bits per heavy atom. The van der Waals surface area contributed by atoms with E-state index in [4.69, 9.17) is 4.74 Å². The van der Waals surface area contributed by atoms with Crippen molar-refractivity contribution in [1.82, 2.24) is 30.2 Å². The van der Waals surface area contributed by atoms with Crippen LogP contribution in [0.2, 0.25) is 0 Å². The van der Waals surface area contributed by atoms with Crippen LogP contribution in [-0.4, -0.2) is 75.5 Å². The number of carbonyl (C=O) groups excluding carboxylic acids is 2. The maximum atomic E-state index is 14.1. The zero-order valence-electron chi connectivity index (χ0n) is 16.1. The highest BCUT2D eigenvalue weighted by molar-refractivity contribution is 5.94. The zero-order valence-corrected chi connectivity index (χ0v) is 16.1. The van der Waals surface area contributed by atoms with Crippen LogP contribution in [0.15, 0.2) is 24.5 Å². The molecule has 1 atom stereocenters. The summed E-state index contributed by atoms with van der Waals surface area (Å²) in [5.41, 5.74) is 0.990. The number of hydrogen-bond donors (Lipinski definition) is 1. The van der Waals surface area contributed by atoms with Gasteiger partial charge in [-0.05, 0) is 19.1 Å². The molecular formula is C18H22F2N6O3. The second-order valence-corrected chi connectivity index (χ2v) is 6.91. The van der Waals surface area contributed by atoms with Crippen molar-refractivity contribution in [1.29, 1.82) is 0 Å². The molecular weight excluding hydrogens is 386 g/mol. The Labute approximate surface area is 166 Å². The second kappa shape index (κ2) is 8.60. The lowest BCUT2D eigenvalue weighted by molar-refractivity contribution is 0.0117. The van der Waals surface area contributed by atoms with E-state index in [0.717, 1.165) is 4.90 Å². The van der Waals surface area contributed by atoms with Gasteiger partial charge in [0.15, 0.2) is 5.69 Å². The van der Waals surface area contributed by atoms with Gasteiger partial charge in [0.25, 0.3) is 17.7 Å². The molecule has 1 fully saturated rings. The Kier molecular flexibility index (Phi) is 6.16. The molecule has 29 heavy (non-hydrogen) atoms. The highest BCUT2D eigenvalue weighted by atomic mass is 19.3. The molecule has 3 heterocycles. The summed E-state index contributed by atoms with van der Waals surface area (Å²) in [4.78, 5) is 30.0. The van der Waals surface area contributed by atoms with E-state index in [0.29, 0.717) is 24.4 Å². The summed E-state index contributed by atoms with van der Waals surface area (Å²) in [6, 6.07) is 2.28. The van der Waals surface area contributed by atoms with Crippen LogP contribution in [0, 0.1) is 6.92 Å². The van der Waals surface area contributed by atoms with Crippen LogP contribution < -0.4 is 5.32 Å². The lowest BCUT2D eigenvalue weighted by Crippen LogP contribution is -2.38. The first-order valence-corrected chi connectivity index (χ1v) is 9.08. The maximum absolute atomic E-state index is 14.1. The van der Waals surface area contributed by atoms with Crippen LogP contribution >= 0.6 is 0 Å². The van der Waals surface area contributed by atoms with E-state index in [2.05, 4.69) is 20.6 Å². The number of ether oxygens (including phenoxy) is 1. The summed E-state index contributed by atoms with van der Waals surface area (Å²) in [5, 5.41) is 10.2. The number of methoxy groups -OCH3 is 1. The molecule has 1 aliphatic rings. The fraction of sp³-hybridized carbons (Fsp3) is 0.500. The van der Waals surface area contributed by atoms with E-state index in [1.807, 2.05) is 0 Å². The standard InChI is InChI=1S/C18H22F2N6O3/c1-12-7-13(3-4-21-12)17(28)26-11-18(19,20)8-14(26)9-25-10-15(23-24-25)16(27)22-5-6-29-2/h3-4,7,10,14H,5-6,8-9,11H2,1-2H3,(H,22,27)/t14-/m0/s1. The van der Waals surface area contributed by atoms with Crippen molar-refractivity contribution in [3.05, 3.63) is 41.5 Å². The van der Waals surface area contributed by atoms with Crippen molar-refractivity contribution >= 4 is 11.8 Å². The Balaban J connectivity index is 1.71. The Morgan fingerprint density at radius 3 is 2.93 bits per heavy atom. The molecule has 0 radical (unpaired) electrons. The molecule has 3 rings (SSSR count). The van der Waals surface area contributed by atoms with Crippen molar-refractivity contribution in [3.8, 4) is 0 Å². The molecule has 156 valence electrons. The minimum atomic E-state index is -3.00. The molecule has 1 N–H and O–H groups in total. The monoisotopic (exact) mass is 408 g/mol. The number of amides is 2. The highest BCUT2D eigenvalue weighted by Gasteiger charge is 2.47. The number of likely N-dealkylation sites (tertiary alicyclic amines) is 1. The lowest BCUT2D eigenvalue weighted by Gasteiger charge is -2.23. The first-order valence-electron chi connectivity index (χ1n) is 9.08. The molecule has 11 heteroatoms. The van der Waals surface area contributed by atoms with Crippen molar-refractivity contribution in [2.75, 3.05) is 26.8 Å². The SMILES string of the molecule is COCCNC(=O)c1cn(C[C@@H]2CC(F)(F)CN2C(=O)c2ccnc(C)c2)nn1. The van der Waals surface area contributed by atoms with E-state index >= 15 is 0 Å². The normalized spacial score (nSPS) is 18.1. The number of hydrogen-bond acceptors (Lipinski definition) is 6. The fourth-order valence-corrected chi connectivity index (χ4v) is 3.21. The topological polar surface area (TPSA) is 102 Å². The second-order valence-electron chi connectivity index (χ2n) is 6.91. The van der Waals surface area contributed by atoms with Crippen LogP contribution in [0.1, 0.15) is 33.0 Å². The van der Waals surface area contributed by atoms with Crippen molar-refractivity contribution in [3.63, 3.8) is 0 Å². The van der Waals surface area contributed by atoms with Gasteiger partial charge in [-0.25, -0.2) is 13.5 Å². The Morgan fingerprint density at radius 2 is 2.21 bits per heavy atom. The number of rotatable bonds is 7. The number of halogens is 2. The molecule has 2 aromatic heterocycles. The molecule has 2 aromatic rings. The first-order chi connectivity index (χ1) is 13.8. The van der Waals surface area contributed by atoms with Crippen LogP contribution in [0.25, 0.3) is 0 Å². The molecule has 0 aromatic carbocycles. The predicted molar refractivity (Wildman–Crippen MR) is 97.6 cm³/mol. The number of alkyl halides is 2. The van der Waals surface area contributed by atoms with Crippen LogP contribution in [-0.2, 0) is 11.3 Å². The van der Waals surface area contributed by atoms with Gasteiger partial charge in [-0.15, -0.1) is 5.10 Å². The quantitative estimate of drug-likeness (QED) is 0.684. The van der Waals surface area contributed by atoms with Gasteiger partial charge in [-0.1, -0.05) is 5.21 Å². The third-order valence-electron chi connectivity index (χ3n) is 4.54. The van der Waals surface area contributed by atoms with Gasteiger partial charge in [0.05, 0.1) is 31.9 Å². The van der Waals surface area contributed by atoms with Crippen molar-refractivity contribution in [2.24, 2.45) is 0 Å². The van der Waals surface area contributed by atoms with Crippen LogP contribution in [0.4, 0.5) is 8.78 Å². The van der Waals surface area contributed by atoms with Gasteiger partial charge in [0.1, 0.15) is 0 Å². The fourth-order valence-electron chi connectivity index (χ4n) is 3.21. The van der Waals surface area contributed by atoms with Crippen LogP contribution in [0.5, 0.6) is 0 Å². The van der Waals surface area contributed by atoms with Gasteiger partial charge in [-0.2, -0.15) is 0 Å². The van der Waals surface area contributed by atoms with Crippen molar-refractivity contribution < 1.29 is 23.1 Å². The molecule has 1 aliphatic heterocycles. The Hall–Kier alpha value is -2.95. The smallest absolute Gasteiger partial charge is 0.273 e. The minimum absolute atomic E-state index is 0.00372. The number of nitrogens with zero attached hydrogens (tertiary/aromatic N) is 5. The number of aryl methyl sites for hydroxylation is 1. The van der Waals surface area contributed by atoms with E-state index < -0.39 is 36.7 Å². The summed E-state index contributed by atoms with van der Waals surface area (Å²) in [6.07, 6.45) is 2.35. The van der Waals surface area contributed by atoms with E-state index in [1.165, 1.54) is 30.3 Å². The summed E-state index contributed by atoms with van der Waals surface area (Å²) >= 11 is 0. The number of carbonyl (C=O) groups is 2. The summed E-state index contributed by atoms with van der Waals surface area (Å²) in [7, 11) is 1.51. The molecule has 2 amide bonds. The predicted octanol–water partition coefficient (Wildman–Crippen LogP) is 0.908. The molecule has 0 bridgehead atoms. The largest absolute Gasteiger partial charge is 0.383 e. The molecule has 9 nitrogen and oxygen atoms in total. The molecule has 0 spiro atoms. The Bertz CT molecular complexity index is 888. The van der Waals surface area contributed by atoms with Crippen LogP contribution in [0.3, 0.4) is 0 Å². The maximum Gasteiger partial charge on any atom is 0.273 e. The van der Waals surface area contributed by atoms with Gasteiger partial charge in [0, 0.05) is 37.5 Å². The highest BCUT2D eigenvalue weighted by Crippen LogP contribution is 2.33. The van der Waals surface area contributed by atoms with Gasteiger partial charge < -0.3 is 15.0 Å². The van der Waals surface area contributed by atoms with Gasteiger partial charge in [0.2, 0.25) is 0 Å². The first kappa shape index (κ1) is 20.8. The zero-order chi connectivity index (χ0) is 21.0. The van der Waals surface area contributed by atoms with E-state index in [1.54, 1.807) is 13.0 Å². The molecule has 1 saturated heterocycles. The molecule has 0 aliphatic carbocycles. The number of aromatic nitrogens is 4. The van der Waals surface area contributed by atoms with Gasteiger partial charge in [-0.3, -0.25) is 14.6 Å². The summed E-state index contributed by atoms with van der Waals surface area (Å²) in [5.74, 6) is -3.93. The third-order valence-corrected chi connectivity index (χ3v) is 4.54. The third kappa shape index (κ3) is 5.11. The molecule has 0 saturated carbocycles. The van der Waals surface area contributed by atoms with E-state index in [9.17, 15) is 18.4 Å². The van der Waals surface area contributed by atoms with E-state index in [-0.39, 0.29) is 12.2 Å². The molecule has 0 unspecified atom stereocenters. The lowest BCUT2D eigenvalue weighted by atomic mass is 10.1. The van der Waals surface area contributed by atoms with Gasteiger partial charge >= 0.3 is 0 Å². The van der Waals surface area contributed by atoms with Crippen molar-refractivity contribution in [2.45, 2.75) is 31.9 Å². The number of nitrogens with one attached hydrogen (secondary N) is 1. The summed E-state index contributed by atoms with van der Waals surface area (Å²) in [6.45, 7) is 1.72. The summed E-state index contributed by atoms with van der Waals surface area (Å²) < 4.78 is 34.3.